The monoisotopic (exact) mass is 452 g/mol. The summed E-state index contributed by atoms with van der Waals surface area (Å²) in [6.07, 6.45) is 0. The Balaban J connectivity index is 1.64. The fraction of sp³-hybridized carbons (Fsp3) is 0.190. The summed E-state index contributed by atoms with van der Waals surface area (Å²) >= 11 is 1.16. The normalized spacial score (nSPS) is 11.9. The predicted molar refractivity (Wildman–Crippen MR) is 119 cm³/mol. The number of tetrazole rings is 1. The van der Waals surface area contributed by atoms with Crippen LogP contribution in [-0.4, -0.2) is 60.7 Å². The number of nitrogens with one attached hydrogen (secondary N) is 1. The van der Waals surface area contributed by atoms with Crippen molar-refractivity contribution in [3.8, 4) is 11.4 Å². The zero-order valence-electron chi connectivity index (χ0n) is 17.3. The van der Waals surface area contributed by atoms with Crippen molar-refractivity contribution in [1.29, 1.82) is 0 Å². The molecule has 4 aromatic rings. The van der Waals surface area contributed by atoms with Crippen LogP contribution in [0.4, 0.5) is 0 Å². The molecule has 10 nitrogen and oxygen atoms in total. The summed E-state index contributed by atoms with van der Waals surface area (Å²) < 4.78 is 12.0. The molecule has 4 rings (SSSR count). The smallest absolute Gasteiger partial charge is 0.345 e. The van der Waals surface area contributed by atoms with Crippen LogP contribution in [0, 0.1) is 0 Å². The van der Waals surface area contributed by atoms with Gasteiger partial charge in [-0.05, 0) is 41.6 Å². The number of nitrogens with zero attached hydrogens (tertiary/aromatic N) is 5. The highest BCUT2D eigenvalue weighted by Gasteiger charge is 2.23. The first-order chi connectivity index (χ1) is 15.6. The Morgan fingerprint density at radius 2 is 1.97 bits per heavy atom. The van der Waals surface area contributed by atoms with Crippen molar-refractivity contribution in [3.63, 3.8) is 0 Å². The molecule has 2 aromatic carbocycles. The van der Waals surface area contributed by atoms with Crippen molar-refractivity contribution in [2.45, 2.75) is 12.1 Å². The van der Waals surface area contributed by atoms with E-state index in [1.165, 1.54) is 11.8 Å². The molecule has 32 heavy (non-hydrogen) atoms. The van der Waals surface area contributed by atoms with Crippen LogP contribution in [-0.2, 0) is 9.53 Å². The number of aliphatic hydroxyl groups is 1. The third kappa shape index (κ3) is 4.28. The fourth-order valence-electron chi connectivity index (χ4n) is 3.06. The number of carbonyl (C=O) groups is 1. The van der Waals surface area contributed by atoms with Crippen molar-refractivity contribution in [2.24, 2.45) is 0 Å². The number of aromatic nitrogens is 6. The van der Waals surface area contributed by atoms with E-state index in [4.69, 9.17) is 9.47 Å². The maximum atomic E-state index is 12.4. The number of aliphatic hydroxyl groups excluding tert-OH is 1. The highest BCUT2D eigenvalue weighted by atomic mass is 32.2. The molecular weight excluding hydrogens is 432 g/mol. The summed E-state index contributed by atoms with van der Waals surface area (Å²) in [6.45, 7) is 2.38. The van der Waals surface area contributed by atoms with E-state index in [-0.39, 0.29) is 22.9 Å². The third-order valence-electron chi connectivity index (χ3n) is 4.48. The number of rotatable bonds is 8. The van der Waals surface area contributed by atoms with Gasteiger partial charge >= 0.3 is 5.97 Å². The number of hydrogen-bond acceptors (Lipinski definition) is 9. The van der Waals surface area contributed by atoms with E-state index in [9.17, 15) is 9.90 Å². The van der Waals surface area contributed by atoms with Gasteiger partial charge in [0.1, 0.15) is 28.6 Å². The van der Waals surface area contributed by atoms with Crippen LogP contribution in [0.5, 0.6) is 5.75 Å². The molecule has 164 valence electrons. The molecule has 2 N–H and O–H groups in total. The Bertz CT molecular complexity index is 1250. The number of carbonyl (C=O) groups excluding carboxylic acids is 1. The highest BCUT2D eigenvalue weighted by molar-refractivity contribution is 7.99. The number of fused-ring (bicyclic) bond motifs is 1. The number of H-pyrrole nitrogens is 1. The predicted octanol–water partition coefficient (Wildman–Crippen LogP) is 3.17. The van der Waals surface area contributed by atoms with Crippen molar-refractivity contribution in [2.75, 3.05) is 19.5 Å². The van der Waals surface area contributed by atoms with Gasteiger partial charge in [-0.15, -0.1) is 5.10 Å². The van der Waals surface area contributed by atoms with Gasteiger partial charge in [-0.2, -0.15) is 4.68 Å². The van der Waals surface area contributed by atoms with E-state index < -0.39 is 5.97 Å². The van der Waals surface area contributed by atoms with Crippen LogP contribution < -0.4 is 4.74 Å². The standard InChI is InChI=1S/C21H20N6O4S/c1-3-31-17-11-7-6-10-15(17)27-21(24-25-26-27)32-12-16(28)18(20(29)30-2)19-22-13-8-4-5-9-14(13)23-19/h4-11,28H,3,12H2,1-2H3,(H,22,23)/b18-16+. The van der Waals surface area contributed by atoms with Gasteiger partial charge in [-0.3, -0.25) is 0 Å². The number of aromatic amines is 1. The maximum absolute atomic E-state index is 12.4. The molecule has 0 unspecified atom stereocenters. The largest absolute Gasteiger partial charge is 0.510 e. The molecule has 2 heterocycles. The first-order valence-corrected chi connectivity index (χ1v) is 10.7. The molecule has 0 saturated carbocycles. The quantitative estimate of drug-likeness (QED) is 0.179. The molecular formula is C21H20N6O4S. The van der Waals surface area contributed by atoms with Gasteiger partial charge in [-0.1, -0.05) is 36.0 Å². The Kier molecular flexibility index (Phi) is 6.36. The van der Waals surface area contributed by atoms with Gasteiger partial charge in [0, 0.05) is 0 Å². The number of esters is 1. The molecule has 11 heteroatoms. The second-order valence-corrected chi connectivity index (χ2v) is 7.42. The number of benzene rings is 2. The first-order valence-electron chi connectivity index (χ1n) is 9.71. The van der Waals surface area contributed by atoms with E-state index in [0.717, 1.165) is 17.3 Å². The van der Waals surface area contributed by atoms with Crippen LogP contribution in [0.1, 0.15) is 12.7 Å². The average Bonchev–Trinajstić information content (AvgIpc) is 3.45. The lowest BCUT2D eigenvalue weighted by molar-refractivity contribution is -0.133. The lowest BCUT2D eigenvalue weighted by Gasteiger charge is -2.11. The van der Waals surface area contributed by atoms with Gasteiger partial charge in [0.25, 0.3) is 0 Å². The van der Waals surface area contributed by atoms with Gasteiger partial charge < -0.3 is 19.6 Å². The molecule has 0 radical (unpaired) electrons. The summed E-state index contributed by atoms with van der Waals surface area (Å²) in [7, 11) is 1.25. The molecule has 0 aliphatic rings. The second-order valence-electron chi connectivity index (χ2n) is 6.48. The van der Waals surface area contributed by atoms with Crippen molar-refractivity contribution in [1.82, 2.24) is 30.2 Å². The SMILES string of the molecule is CCOc1ccccc1-n1nnnc1SC/C(O)=C(\C(=O)OC)c1nc2ccccc2[nH]1. The topological polar surface area (TPSA) is 128 Å². The minimum Gasteiger partial charge on any atom is -0.510 e. The Labute approximate surface area is 187 Å². The number of thioether (sulfide) groups is 1. The summed E-state index contributed by atoms with van der Waals surface area (Å²) in [5, 5.41) is 23.0. The zero-order valence-corrected chi connectivity index (χ0v) is 18.2. The van der Waals surface area contributed by atoms with E-state index >= 15 is 0 Å². The lowest BCUT2D eigenvalue weighted by atomic mass is 10.2. The Morgan fingerprint density at radius 1 is 1.19 bits per heavy atom. The third-order valence-corrected chi connectivity index (χ3v) is 5.41. The van der Waals surface area contributed by atoms with Crippen molar-refractivity contribution >= 4 is 34.3 Å². The second kappa shape index (κ2) is 9.52. The lowest BCUT2D eigenvalue weighted by Crippen LogP contribution is -2.10. The molecule has 0 fully saturated rings. The summed E-state index contributed by atoms with van der Waals surface area (Å²) in [4.78, 5) is 19.9. The Hall–Kier alpha value is -3.86. The Morgan fingerprint density at radius 3 is 2.75 bits per heavy atom. The number of para-hydroxylation sites is 4. The number of hydrogen-bond donors (Lipinski definition) is 2. The van der Waals surface area contributed by atoms with Gasteiger partial charge in [-0.25, -0.2) is 9.78 Å². The molecule has 0 aliphatic heterocycles. The van der Waals surface area contributed by atoms with Crippen molar-refractivity contribution in [3.05, 3.63) is 60.1 Å². The van der Waals surface area contributed by atoms with E-state index in [0.29, 0.717) is 28.7 Å². The first kappa shape index (κ1) is 21.4. The summed E-state index contributed by atoms with van der Waals surface area (Å²) in [5.41, 5.74) is 2.02. The minimum absolute atomic E-state index is 0.0126. The fourth-order valence-corrected chi connectivity index (χ4v) is 3.82. The molecule has 0 aliphatic carbocycles. The van der Waals surface area contributed by atoms with Crippen LogP contribution >= 0.6 is 11.8 Å². The van der Waals surface area contributed by atoms with Gasteiger partial charge in [0.15, 0.2) is 0 Å². The molecule has 0 bridgehead atoms. The molecule has 0 amide bonds. The van der Waals surface area contributed by atoms with Crippen LogP contribution in [0.25, 0.3) is 22.3 Å². The molecule has 2 aromatic heterocycles. The number of ether oxygens (including phenoxy) is 2. The summed E-state index contributed by atoms with van der Waals surface area (Å²) in [6, 6.07) is 14.7. The van der Waals surface area contributed by atoms with Crippen LogP contribution in [0.2, 0.25) is 0 Å². The van der Waals surface area contributed by atoms with Crippen LogP contribution in [0.3, 0.4) is 0 Å². The van der Waals surface area contributed by atoms with E-state index in [1.54, 1.807) is 6.07 Å². The van der Waals surface area contributed by atoms with Crippen LogP contribution in [0.15, 0.2) is 59.4 Å². The summed E-state index contributed by atoms with van der Waals surface area (Å²) in [5.74, 6) is -0.0607. The van der Waals surface area contributed by atoms with Gasteiger partial charge in [0.2, 0.25) is 5.16 Å². The average molecular weight is 452 g/mol. The molecule has 0 saturated heterocycles. The molecule has 0 atom stereocenters. The van der Waals surface area contributed by atoms with E-state index in [1.807, 2.05) is 49.4 Å². The number of imidazole rings is 1. The maximum Gasteiger partial charge on any atom is 0.345 e. The van der Waals surface area contributed by atoms with E-state index in [2.05, 4.69) is 25.5 Å². The minimum atomic E-state index is -0.705. The molecule has 0 spiro atoms. The van der Waals surface area contributed by atoms with Crippen molar-refractivity contribution < 1.29 is 19.4 Å². The zero-order chi connectivity index (χ0) is 22.5. The van der Waals surface area contributed by atoms with Gasteiger partial charge in [0.05, 0.1) is 30.5 Å². The highest BCUT2D eigenvalue weighted by Crippen LogP contribution is 2.28. The number of methoxy groups -OCH3 is 1.